The summed E-state index contributed by atoms with van der Waals surface area (Å²) < 4.78 is 0. The van der Waals surface area contributed by atoms with Crippen LogP contribution in [0.3, 0.4) is 0 Å². The molecule has 26 heavy (non-hydrogen) atoms. The first-order chi connectivity index (χ1) is 12.5. The number of nitrogens with zero attached hydrogens (tertiary/aromatic N) is 2. The number of carboxylic acid groups (broad SMARTS) is 1. The van der Waals surface area contributed by atoms with Gasteiger partial charge in [0.15, 0.2) is 0 Å². The molecule has 1 saturated carbocycles. The van der Waals surface area contributed by atoms with Gasteiger partial charge in [-0.3, -0.25) is 14.5 Å². The fourth-order valence-corrected chi connectivity index (χ4v) is 4.50. The molecule has 1 aromatic rings. The van der Waals surface area contributed by atoms with Crippen molar-refractivity contribution in [2.45, 2.75) is 51.5 Å². The molecule has 0 aromatic heterocycles. The summed E-state index contributed by atoms with van der Waals surface area (Å²) in [5.74, 6) is -0.464. The zero-order valence-corrected chi connectivity index (χ0v) is 15.7. The van der Waals surface area contributed by atoms with E-state index < -0.39 is 5.97 Å². The molecule has 3 rings (SSSR count). The molecule has 2 fully saturated rings. The summed E-state index contributed by atoms with van der Waals surface area (Å²) in [4.78, 5) is 28.3. The maximum Gasteiger partial charge on any atom is 0.317 e. The lowest BCUT2D eigenvalue weighted by atomic mass is 9.64. The normalized spacial score (nSPS) is 20.0. The van der Waals surface area contributed by atoms with Gasteiger partial charge < -0.3 is 10.0 Å². The molecule has 5 nitrogen and oxygen atoms in total. The van der Waals surface area contributed by atoms with E-state index in [1.165, 1.54) is 5.56 Å². The van der Waals surface area contributed by atoms with Crippen molar-refractivity contribution >= 4 is 11.9 Å². The fraction of sp³-hybridized carbons (Fsp3) is 0.619. The Morgan fingerprint density at radius 3 is 2.35 bits per heavy atom. The molecule has 1 aliphatic heterocycles. The van der Waals surface area contributed by atoms with Gasteiger partial charge in [-0.25, -0.2) is 0 Å². The SMILES string of the molecule is CCN(CC(=O)O)C1CCN(C(=O)C2(Cc3ccccc3)CCC2)CC1. The molecule has 1 saturated heterocycles. The molecule has 1 aromatic carbocycles. The zero-order valence-electron chi connectivity index (χ0n) is 15.7. The van der Waals surface area contributed by atoms with Crippen molar-refractivity contribution in [3.05, 3.63) is 35.9 Å². The van der Waals surface area contributed by atoms with Crippen LogP contribution < -0.4 is 0 Å². The molecule has 1 heterocycles. The number of amides is 1. The molecule has 1 N–H and O–H groups in total. The Bertz CT molecular complexity index is 619. The summed E-state index contributed by atoms with van der Waals surface area (Å²) in [7, 11) is 0. The summed E-state index contributed by atoms with van der Waals surface area (Å²) in [5, 5.41) is 9.07. The zero-order chi connectivity index (χ0) is 18.6. The van der Waals surface area contributed by atoms with Crippen molar-refractivity contribution in [3.8, 4) is 0 Å². The predicted molar refractivity (Wildman–Crippen MR) is 101 cm³/mol. The van der Waals surface area contributed by atoms with Gasteiger partial charge in [0, 0.05) is 19.1 Å². The Labute approximate surface area is 156 Å². The van der Waals surface area contributed by atoms with Crippen LogP contribution in [0, 0.1) is 5.41 Å². The number of carbonyl (C=O) groups is 2. The Morgan fingerprint density at radius 1 is 1.19 bits per heavy atom. The Kier molecular flexibility index (Phi) is 5.97. The van der Waals surface area contributed by atoms with Gasteiger partial charge in [0.25, 0.3) is 0 Å². The Balaban J connectivity index is 1.59. The van der Waals surface area contributed by atoms with Gasteiger partial charge in [-0.15, -0.1) is 0 Å². The van der Waals surface area contributed by atoms with Crippen molar-refractivity contribution in [1.29, 1.82) is 0 Å². The first-order valence-corrected chi connectivity index (χ1v) is 9.83. The number of hydrogen-bond acceptors (Lipinski definition) is 3. The third-order valence-electron chi connectivity index (χ3n) is 6.16. The number of benzene rings is 1. The van der Waals surface area contributed by atoms with Crippen LogP contribution in [0.15, 0.2) is 30.3 Å². The minimum atomic E-state index is -0.776. The van der Waals surface area contributed by atoms with Gasteiger partial charge in [0.2, 0.25) is 5.91 Å². The van der Waals surface area contributed by atoms with Crippen molar-refractivity contribution in [2.24, 2.45) is 5.41 Å². The second kappa shape index (κ2) is 8.21. The third-order valence-corrected chi connectivity index (χ3v) is 6.16. The van der Waals surface area contributed by atoms with Gasteiger partial charge in [-0.2, -0.15) is 0 Å². The minimum absolute atomic E-state index is 0.0903. The van der Waals surface area contributed by atoms with E-state index >= 15 is 0 Å². The Hall–Kier alpha value is -1.88. The van der Waals surface area contributed by atoms with Crippen LogP contribution in [-0.2, 0) is 16.0 Å². The van der Waals surface area contributed by atoms with Crippen LogP contribution in [0.5, 0.6) is 0 Å². The van der Waals surface area contributed by atoms with E-state index in [-0.39, 0.29) is 18.0 Å². The highest BCUT2D eigenvalue weighted by Gasteiger charge is 2.46. The van der Waals surface area contributed by atoms with E-state index in [2.05, 4.69) is 12.1 Å². The van der Waals surface area contributed by atoms with Crippen LogP contribution in [0.2, 0.25) is 0 Å². The highest BCUT2D eigenvalue weighted by molar-refractivity contribution is 5.84. The third kappa shape index (κ3) is 4.09. The number of carbonyl (C=O) groups excluding carboxylic acids is 1. The number of aliphatic carboxylic acids is 1. The van der Waals surface area contributed by atoms with Gasteiger partial charge in [0.05, 0.1) is 12.0 Å². The number of piperidine rings is 1. The molecule has 0 spiro atoms. The van der Waals surface area contributed by atoms with Gasteiger partial charge in [-0.1, -0.05) is 43.7 Å². The summed E-state index contributed by atoms with van der Waals surface area (Å²) >= 11 is 0. The second-order valence-electron chi connectivity index (χ2n) is 7.78. The van der Waals surface area contributed by atoms with E-state index in [0.717, 1.165) is 58.2 Å². The van der Waals surface area contributed by atoms with Crippen molar-refractivity contribution in [2.75, 3.05) is 26.2 Å². The molecule has 142 valence electrons. The molecule has 0 radical (unpaired) electrons. The lowest BCUT2D eigenvalue weighted by Crippen LogP contribution is -2.54. The van der Waals surface area contributed by atoms with Crippen molar-refractivity contribution < 1.29 is 14.7 Å². The van der Waals surface area contributed by atoms with E-state index in [9.17, 15) is 9.59 Å². The second-order valence-corrected chi connectivity index (χ2v) is 7.78. The van der Waals surface area contributed by atoms with Crippen LogP contribution in [0.4, 0.5) is 0 Å². The maximum absolute atomic E-state index is 13.2. The van der Waals surface area contributed by atoms with E-state index in [4.69, 9.17) is 5.11 Å². The summed E-state index contributed by atoms with van der Waals surface area (Å²) in [6, 6.07) is 10.6. The fourth-order valence-electron chi connectivity index (χ4n) is 4.50. The smallest absolute Gasteiger partial charge is 0.317 e. The number of rotatable bonds is 7. The predicted octanol–water partition coefficient (Wildman–Crippen LogP) is 2.80. The maximum atomic E-state index is 13.2. The van der Waals surface area contributed by atoms with E-state index in [1.54, 1.807) is 0 Å². The number of likely N-dealkylation sites (tertiary alicyclic amines) is 1. The molecular formula is C21H30N2O3. The molecule has 1 amide bonds. The van der Waals surface area contributed by atoms with Crippen LogP contribution in [0.1, 0.15) is 44.6 Å². The van der Waals surface area contributed by atoms with E-state index in [1.807, 2.05) is 34.9 Å². The van der Waals surface area contributed by atoms with Crippen molar-refractivity contribution in [1.82, 2.24) is 9.80 Å². The standard InChI is InChI=1S/C21H30N2O3/c1-2-22(16-19(24)25)18-9-13-23(14-10-18)20(26)21(11-6-12-21)15-17-7-4-3-5-8-17/h3-5,7-8,18H,2,6,9-16H2,1H3,(H,24,25). The van der Waals surface area contributed by atoms with Gasteiger partial charge in [-0.05, 0) is 44.2 Å². The quantitative estimate of drug-likeness (QED) is 0.814. The molecule has 0 atom stereocenters. The van der Waals surface area contributed by atoms with Crippen LogP contribution in [-0.4, -0.2) is 59.0 Å². The number of likely N-dealkylation sites (N-methyl/N-ethyl adjacent to an activating group) is 1. The van der Waals surface area contributed by atoms with Gasteiger partial charge in [0.1, 0.15) is 0 Å². The molecular weight excluding hydrogens is 328 g/mol. The largest absolute Gasteiger partial charge is 0.480 e. The summed E-state index contributed by atoms with van der Waals surface area (Å²) in [6.45, 7) is 4.33. The first kappa shape index (κ1) is 18.9. The highest BCUT2D eigenvalue weighted by atomic mass is 16.4. The van der Waals surface area contributed by atoms with E-state index in [0.29, 0.717) is 5.91 Å². The minimum Gasteiger partial charge on any atom is -0.480 e. The number of carboxylic acids is 1. The average Bonchev–Trinajstić information content (AvgIpc) is 2.63. The number of hydrogen-bond donors (Lipinski definition) is 1. The lowest BCUT2D eigenvalue weighted by molar-refractivity contribution is -0.150. The molecule has 0 unspecified atom stereocenters. The molecule has 0 bridgehead atoms. The summed E-state index contributed by atoms with van der Waals surface area (Å²) in [5.41, 5.74) is 1.04. The molecule has 2 aliphatic rings. The van der Waals surface area contributed by atoms with Crippen molar-refractivity contribution in [3.63, 3.8) is 0 Å². The topological polar surface area (TPSA) is 60.9 Å². The highest BCUT2D eigenvalue weighted by Crippen LogP contribution is 2.45. The average molecular weight is 358 g/mol. The van der Waals surface area contributed by atoms with Crippen LogP contribution >= 0.6 is 0 Å². The summed E-state index contributed by atoms with van der Waals surface area (Å²) in [6.07, 6.45) is 5.69. The van der Waals surface area contributed by atoms with Crippen LogP contribution in [0.25, 0.3) is 0 Å². The lowest BCUT2D eigenvalue weighted by Gasteiger charge is -2.46. The van der Waals surface area contributed by atoms with Gasteiger partial charge >= 0.3 is 5.97 Å². The first-order valence-electron chi connectivity index (χ1n) is 9.83. The monoisotopic (exact) mass is 358 g/mol. The molecule has 5 heteroatoms. The molecule has 1 aliphatic carbocycles. The Morgan fingerprint density at radius 2 is 1.85 bits per heavy atom.